The van der Waals surface area contributed by atoms with Crippen LogP contribution in [-0.4, -0.2) is 82.7 Å². The third-order valence-electron chi connectivity index (χ3n) is 7.09. The SMILES string of the molecule is CC(=O)N1CCC(N2CCC3(CC2)CN(c2ncccn2)CC3CO)CC1. The quantitative estimate of drug-likeness (QED) is 0.852. The van der Waals surface area contributed by atoms with Gasteiger partial charge in [0.05, 0.1) is 0 Å². The molecule has 1 N–H and O–H groups in total. The van der Waals surface area contributed by atoms with Gasteiger partial charge in [-0.25, -0.2) is 9.97 Å². The molecule has 4 rings (SSSR count). The Labute approximate surface area is 161 Å². The van der Waals surface area contributed by atoms with Gasteiger partial charge in [-0.3, -0.25) is 4.79 Å². The van der Waals surface area contributed by atoms with Crippen LogP contribution in [0.1, 0.15) is 32.6 Å². The lowest BCUT2D eigenvalue weighted by Crippen LogP contribution is -2.52. The Kier molecular flexibility index (Phi) is 5.32. The number of rotatable bonds is 3. The van der Waals surface area contributed by atoms with E-state index in [0.717, 1.165) is 70.9 Å². The van der Waals surface area contributed by atoms with Gasteiger partial charge >= 0.3 is 0 Å². The molecule has 4 heterocycles. The number of aliphatic hydroxyl groups is 1. The van der Waals surface area contributed by atoms with Gasteiger partial charge in [0.15, 0.2) is 0 Å². The van der Waals surface area contributed by atoms with Crippen LogP contribution in [0.2, 0.25) is 0 Å². The van der Waals surface area contributed by atoms with Gasteiger partial charge in [0.25, 0.3) is 0 Å². The first-order valence-electron chi connectivity index (χ1n) is 10.2. The molecule has 1 aromatic heterocycles. The highest BCUT2D eigenvalue weighted by Crippen LogP contribution is 2.45. The van der Waals surface area contributed by atoms with E-state index >= 15 is 0 Å². The fourth-order valence-electron chi connectivity index (χ4n) is 5.34. The minimum atomic E-state index is 0.171. The summed E-state index contributed by atoms with van der Waals surface area (Å²) in [5, 5.41) is 10.0. The molecule has 0 saturated carbocycles. The van der Waals surface area contributed by atoms with E-state index in [1.165, 1.54) is 0 Å². The number of amides is 1. The maximum atomic E-state index is 11.5. The molecule has 3 aliphatic heterocycles. The largest absolute Gasteiger partial charge is 0.396 e. The Hall–Kier alpha value is -1.73. The Balaban J connectivity index is 1.37. The van der Waals surface area contributed by atoms with E-state index in [4.69, 9.17) is 0 Å². The zero-order valence-electron chi connectivity index (χ0n) is 16.3. The highest BCUT2D eigenvalue weighted by atomic mass is 16.3. The van der Waals surface area contributed by atoms with E-state index in [2.05, 4.69) is 19.8 Å². The summed E-state index contributed by atoms with van der Waals surface area (Å²) in [5.41, 5.74) is 0.171. The Morgan fingerprint density at radius 1 is 1.19 bits per heavy atom. The van der Waals surface area contributed by atoms with Crippen molar-refractivity contribution < 1.29 is 9.90 Å². The van der Waals surface area contributed by atoms with Crippen molar-refractivity contribution >= 4 is 11.9 Å². The highest BCUT2D eigenvalue weighted by molar-refractivity contribution is 5.73. The van der Waals surface area contributed by atoms with Gasteiger partial charge in [0.2, 0.25) is 11.9 Å². The molecule has 1 unspecified atom stereocenters. The average molecular weight is 374 g/mol. The first-order chi connectivity index (χ1) is 13.1. The fourth-order valence-corrected chi connectivity index (χ4v) is 5.34. The van der Waals surface area contributed by atoms with Crippen LogP contribution in [0.15, 0.2) is 18.5 Å². The Morgan fingerprint density at radius 3 is 2.44 bits per heavy atom. The molecule has 27 heavy (non-hydrogen) atoms. The second-order valence-electron chi connectivity index (χ2n) is 8.44. The fraction of sp³-hybridized carbons (Fsp3) is 0.750. The highest BCUT2D eigenvalue weighted by Gasteiger charge is 2.48. The van der Waals surface area contributed by atoms with Gasteiger partial charge in [-0.1, -0.05) is 0 Å². The molecule has 7 nitrogen and oxygen atoms in total. The summed E-state index contributed by atoms with van der Waals surface area (Å²) in [6.07, 6.45) is 7.98. The number of likely N-dealkylation sites (tertiary alicyclic amines) is 2. The number of aromatic nitrogens is 2. The second-order valence-corrected chi connectivity index (χ2v) is 8.44. The summed E-state index contributed by atoms with van der Waals surface area (Å²) in [6.45, 7) is 7.65. The summed E-state index contributed by atoms with van der Waals surface area (Å²) < 4.78 is 0. The van der Waals surface area contributed by atoms with Crippen LogP contribution >= 0.6 is 0 Å². The summed E-state index contributed by atoms with van der Waals surface area (Å²) in [7, 11) is 0. The van der Waals surface area contributed by atoms with Gasteiger partial charge in [-0.05, 0) is 50.3 Å². The Morgan fingerprint density at radius 2 is 1.85 bits per heavy atom. The molecule has 3 saturated heterocycles. The van der Waals surface area contributed by atoms with Crippen molar-refractivity contribution in [3.05, 3.63) is 18.5 Å². The number of aliphatic hydroxyl groups excluding tert-OH is 1. The van der Waals surface area contributed by atoms with Crippen LogP contribution < -0.4 is 4.90 Å². The topological polar surface area (TPSA) is 72.8 Å². The van der Waals surface area contributed by atoms with Crippen LogP contribution in [0.5, 0.6) is 0 Å². The molecule has 1 atom stereocenters. The molecular weight excluding hydrogens is 342 g/mol. The molecule has 0 aromatic carbocycles. The molecule has 0 radical (unpaired) electrons. The molecule has 0 bridgehead atoms. The molecule has 3 fully saturated rings. The lowest BCUT2D eigenvalue weighted by molar-refractivity contribution is -0.130. The van der Waals surface area contributed by atoms with Crippen molar-refractivity contribution in [1.29, 1.82) is 0 Å². The minimum absolute atomic E-state index is 0.171. The van der Waals surface area contributed by atoms with Gasteiger partial charge in [-0.2, -0.15) is 0 Å². The maximum Gasteiger partial charge on any atom is 0.225 e. The van der Waals surface area contributed by atoms with Crippen molar-refractivity contribution in [3.8, 4) is 0 Å². The van der Waals surface area contributed by atoms with Gasteiger partial charge < -0.3 is 19.8 Å². The molecular formula is C20H31N5O2. The normalized spacial score (nSPS) is 26.7. The number of nitrogens with zero attached hydrogens (tertiary/aromatic N) is 5. The molecule has 1 amide bonds. The maximum absolute atomic E-state index is 11.5. The summed E-state index contributed by atoms with van der Waals surface area (Å²) in [6, 6.07) is 2.44. The van der Waals surface area contributed by atoms with Crippen LogP contribution in [0.4, 0.5) is 5.95 Å². The third kappa shape index (κ3) is 3.67. The van der Waals surface area contributed by atoms with Crippen LogP contribution in [0.3, 0.4) is 0 Å². The molecule has 1 aromatic rings. The van der Waals surface area contributed by atoms with Gasteiger partial charge in [-0.15, -0.1) is 0 Å². The monoisotopic (exact) mass is 373 g/mol. The van der Waals surface area contributed by atoms with Gasteiger partial charge in [0.1, 0.15) is 0 Å². The number of carbonyl (C=O) groups is 1. The average Bonchev–Trinajstić information content (AvgIpc) is 3.07. The summed E-state index contributed by atoms with van der Waals surface area (Å²) in [4.78, 5) is 27.2. The van der Waals surface area contributed by atoms with Crippen LogP contribution in [0, 0.1) is 11.3 Å². The molecule has 7 heteroatoms. The molecule has 148 valence electrons. The number of carbonyl (C=O) groups excluding carboxylic acids is 1. The summed E-state index contributed by atoms with van der Waals surface area (Å²) in [5.74, 6) is 1.28. The zero-order chi connectivity index (χ0) is 18.9. The van der Waals surface area contributed by atoms with E-state index < -0.39 is 0 Å². The van der Waals surface area contributed by atoms with E-state index in [1.54, 1.807) is 19.3 Å². The van der Waals surface area contributed by atoms with Crippen LogP contribution in [0.25, 0.3) is 0 Å². The van der Waals surface area contributed by atoms with Crippen molar-refractivity contribution in [2.24, 2.45) is 11.3 Å². The lowest BCUT2D eigenvalue weighted by Gasteiger charge is -2.46. The van der Waals surface area contributed by atoms with Crippen molar-refractivity contribution in [2.75, 3.05) is 50.8 Å². The predicted molar refractivity (Wildman–Crippen MR) is 103 cm³/mol. The van der Waals surface area contributed by atoms with E-state index in [1.807, 2.05) is 11.0 Å². The Bertz CT molecular complexity index is 639. The van der Waals surface area contributed by atoms with E-state index in [9.17, 15) is 9.90 Å². The van der Waals surface area contributed by atoms with Crippen LogP contribution in [-0.2, 0) is 4.79 Å². The molecule has 0 aliphatic carbocycles. The van der Waals surface area contributed by atoms with E-state index in [-0.39, 0.29) is 17.9 Å². The number of hydrogen-bond acceptors (Lipinski definition) is 6. The first kappa shape index (κ1) is 18.6. The molecule has 3 aliphatic rings. The smallest absolute Gasteiger partial charge is 0.225 e. The van der Waals surface area contributed by atoms with Crippen molar-refractivity contribution in [1.82, 2.24) is 19.8 Å². The predicted octanol–water partition coefficient (Wildman–Crippen LogP) is 0.998. The van der Waals surface area contributed by atoms with Crippen molar-refractivity contribution in [2.45, 2.75) is 38.6 Å². The first-order valence-corrected chi connectivity index (χ1v) is 10.2. The third-order valence-corrected chi connectivity index (χ3v) is 7.09. The number of hydrogen-bond donors (Lipinski definition) is 1. The second kappa shape index (κ2) is 7.72. The zero-order valence-corrected chi connectivity index (χ0v) is 16.3. The molecule has 1 spiro atoms. The number of piperidine rings is 2. The van der Waals surface area contributed by atoms with E-state index in [0.29, 0.717) is 12.0 Å². The summed E-state index contributed by atoms with van der Waals surface area (Å²) >= 11 is 0. The minimum Gasteiger partial charge on any atom is -0.396 e. The van der Waals surface area contributed by atoms with Crippen molar-refractivity contribution in [3.63, 3.8) is 0 Å². The number of anilines is 1. The standard InChI is InChI=1S/C20H31N5O2/c1-16(27)23-9-3-18(4-10-23)24-11-5-20(6-12-24)15-25(13-17(20)14-26)19-21-7-2-8-22-19/h2,7-8,17-18,26H,3-6,9-15H2,1H3. The van der Waals surface area contributed by atoms with Gasteiger partial charge in [0, 0.05) is 64.1 Å². The lowest BCUT2D eigenvalue weighted by atomic mass is 9.71.